The maximum Gasteiger partial charge on any atom is 0.408 e. The van der Waals surface area contributed by atoms with Gasteiger partial charge in [0.1, 0.15) is 17.7 Å². The summed E-state index contributed by atoms with van der Waals surface area (Å²) < 4.78 is 5.37. The number of unbranched alkanes of at least 4 members (excludes halogenated alkanes) is 4. The molecule has 0 aromatic heterocycles. The molecule has 0 fully saturated rings. The predicted octanol–water partition coefficient (Wildman–Crippen LogP) is 5.57. The lowest BCUT2D eigenvalue weighted by molar-refractivity contribution is -0.142. The van der Waals surface area contributed by atoms with Crippen LogP contribution < -0.4 is 10.6 Å². The first-order chi connectivity index (χ1) is 16.7. The van der Waals surface area contributed by atoms with Crippen LogP contribution >= 0.6 is 12.6 Å². The van der Waals surface area contributed by atoms with Crippen molar-refractivity contribution in [3.8, 4) is 0 Å². The number of carbonyl (C=O) groups is 3. The summed E-state index contributed by atoms with van der Waals surface area (Å²) in [6.07, 6.45) is 4.31. The number of nitrogens with zero attached hydrogens (tertiary/aromatic N) is 1. The van der Waals surface area contributed by atoms with Gasteiger partial charge in [-0.3, -0.25) is 9.59 Å². The zero-order valence-electron chi connectivity index (χ0n) is 23.4. The fourth-order valence-corrected chi connectivity index (χ4v) is 4.12. The van der Waals surface area contributed by atoms with Gasteiger partial charge < -0.3 is 20.3 Å². The second kappa shape index (κ2) is 14.5. The van der Waals surface area contributed by atoms with Crippen molar-refractivity contribution in [2.45, 2.75) is 111 Å². The Labute approximate surface area is 223 Å². The van der Waals surface area contributed by atoms with Crippen molar-refractivity contribution in [1.29, 1.82) is 0 Å². The number of carbonyl (C=O) groups excluding carboxylic acids is 3. The number of aryl methyl sites for hydroxylation is 1. The largest absolute Gasteiger partial charge is 0.444 e. The first kappa shape index (κ1) is 31.8. The van der Waals surface area contributed by atoms with E-state index < -0.39 is 29.3 Å². The predicted molar refractivity (Wildman–Crippen MR) is 149 cm³/mol. The number of amides is 3. The SMILES string of the molecule is CCCCCCCN(C(=O)C(CS)NC(=O)OC(C)(C)C)C(C(=O)NC(C)(C)C)c1ccccc1C. The quantitative estimate of drug-likeness (QED) is 0.248. The molecule has 0 saturated carbocycles. The molecule has 0 spiro atoms. The number of nitrogens with one attached hydrogen (secondary N) is 2. The molecule has 8 heteroatoms. The Bertz CT molecular complexity index is 861. The third-order valence-electron chi connectivity index (χ3n) is 5.50. The summed E-state index contributed by atoms with van der Waals surface area (Å²) in [5, 5.41) is 5.72. The monoisotopic (exact) mass is 521 g/mol. The molecule has 0 aliphatic carbocycles. The fraction of sp³-hybridized carbons (Fsp3) is 0.679. The Balaban J connectivity index is 3.40. The molecule has 0 heterocycles. The lowest BCUT2D eigenvalue weighted by Crippen LogP contribution is -2.55. The van der Waals surface area contributed by atoms with Crippen LogP contribution in [0.4, 0.5) is 4.79 Å². The second-order valence-electron chi connectivity index (χ2n) is 11.3. The van der Waals surface area contributed by atoms with Gasteiger partial charge in [0.05, 0.1) is 0 Å². The Morgan fingerprint density at radius 1 is 1.00 bits per heavy atom. The number of benzene rings is 1. The van der Waals surface area contributed by atoms with E-state index in [2.05, 4.69) is 30.2 Å². The van der Waals surface area contributed by atoms with Crippen LogP contribution in [0.2, 0.25) is 0 Å². The van der Waals surface area contributed by atoms with Crippen molar-refractivity contribution in [2.75, 3.05) is 12.3 Å². The highest BCUT2D eigenvalue weighted by Crippen LogP contribution is 2.27. The number of rotatable bonds is 12. The lowest BCUT2D eigenvalue weighted by atomic mass is 9.96. The molecule has 2 unspecified atom stereocenters. The molecule has 2 atom stereocenters. The molecule has 0 aliphatic heterocycles. The van der Waals surface area contributed by atoms with E-state index in [0.717, 1.165) is 43.2 Å². The molecule has 7 nitrogen and oxygen atoms in total. The normalized spacial score (nSPS) is 13.5. The van der Waals surface area contributed by atoms with Crippen LogP contribution in [-0.2, 0) is 14.3 Å². The van der Waals surface area contributed by atoms with Gasteiger partial charge in [-0.1, -0.05) is 56.9 Å². The van der Waals surface area contributed by atoms with Crippen LogP contribution in [-0.4, -0.2) is 52.3 Å². The van der Waals surface area contributed by atoms with Gasteiger partial charge in [0.2, 0.25) is 11.8 Å². The summed E-state index contributed by atoms with van der Waals surface area (Å²) >= 11 is 4.35. The van der Waals surface area contributed by atoms with Gasteiger partial charge in [-0.2, -0.15) is 12.6 Å². The summed E-state index contributed by atoms with van der Waals surface area (Å²) in [7, 11) is 0. The third kappa shape index (κ3) is 11.2. The molecular weight excluding hydrogens is 474 g/mol. The van der Waals surface area contributed by atoms with Gasteiger partial charge in [0.25, 0.3) is 0 Å². The standard InChI is InChI=1S/C28H47N3O4S/c1-9-10-11-12-15-18-31(25(33)22(19-36)29-26(34)35-28(6,7)8)23(24(32)30-27(3,4)5)21-17-14-13-16-20(21)2/h13-14,16-17,22-23,36H,9-12,15,18-19H2,1-8H3,(H,29,34)(H,30,32). The van der Waals surface area contributed by atoms with Gasteiger partial charge in [-0.25, -0.2) is 4.79 Å². The Kier molecular flexibility index (Phi) is 12.8. The summed E-state index contributed by atoms with van der Waals surface area (Å²) in [6.45, 7) is 15.5. The van der Waals surface area contributed by atoms with E-state index in [4.69, 9.17) is 4.74 Å². The van der Waals surface area contributed by atoms with Crippen LogP contribution in [0, 0.1) is 6.92 Å². The highest BCUT2D eigenvalue weighted by Gasteiger charge is 2.37. The summed E-state index contributed by atoms with van der Waals surface area (Å²) in [5.41, 5.74) is 0.490. The second-order valence-corrected chi connectivity index (χ2v) is 11.7. The molecule has 0 aliphatic rings. The molecule has 204 valence electrons. The van der Waals surface area contributed by atoms with Gasteiger partial charge in [0, 0.05) is 17.8 Å². The maximum absolute atomic E-state index is 13.9. The molecule has 1 rings (SSSR count). The average molecular weight is 522 g/mol. The lowest BCUT2D eigenvalue weighted by Gasteiger charge is -2.36. The van der Waals surface area contributed by atoms with E-state index in [1.165, 1.54) is 0 Å². The van der Waals surface area contributed by atoms with Crippen molar-refractivity contribution >= 4 is 30.5 Å². The Morgan fingerprint density at radius 2 is 1.61 bits per heavy atom. The van der Waals surface area contributed by atoms with E-state index in [-0.39, 0.29) is 17.6 Å². The molecule has 3 amide bonds. The van der Waals surface area contributed by atoms with Gasteiger partial charge >= 0.3 is 6.09 Å². The molecule has 0 radical (unpaired) electrons. The molecule has 0 saturated heterocycles. The van der Waals surface area contributed by atoms with E-state index in [1.807, 2.05) is 52.0 Å². The molecule has 1 aromatic rings. The highest BCUT2D eigenvalue weighted by atomic mass is 32.1. The summed E-state index contributed by atoms with van der Waals surface area (Å²) in [4.78, 5) is 41.7. The average Bonchev–Trinajstić information content (AvgIpc) is 2.74. The van der Waals surface area contributed by atoms with Crippen LogP contribution in [0.5, 0.6) is 0 Å². The van der Waals surface area contributed by atoms with Gasteiger partial charge in [-0.15, -0.1) is 0 Å². The van der Waals surface area contributed by atoms with Crippen molar-refractivity contribution in [2.24, 2.45) is 0 Å². The Hall–Kier alpha value is -2.22. The van der Waals surface area contributed by atoms with E-state index in [1.54, 1.807) is 25.7 Å². The topological polar surface area (TPSA) is 87.7 Å². The minimum Gasteiger partial charge on any atom is -0.444 e. The van der Waals surface area contributed by atoms with E-state index in [0.29, 0.717) is 6.54 Å². The van der Waals surface area contributed by atoms with Crippen molar-refractivity contribution in [3.63, 3.8) is 0 Å². The van der Waals surface area contributed by atoms with Crippen LogP contribution in [0.3, 0.4) is 0 Å². The summed E-state index contributed by atoms with van der Waals surface area (Å²) in [5.74, 6) is -0.538. The molecule has 36 heavy (non-hydrogen) atoms. The zero-order valence-corrected chi connectivity index (χ0v) is 24.3. The minimum absolute atomic E-state index is 0.0752. The Morgan fingerprint density at radius 3 is 2.14 bits per heavy atom. The van der Waals surface area contributed by atoms with Crippen molar-refractivity contribution < 1.29 is 19.1 Å². The van der Waals surface area contributed by atoms with Crippen LogP contribution in [0.25, 0.3) is 0 Å². The number of ether oxygens (including phenoxy) is 1. The molecule has 2 N–H and O–H groups in total. The van der Waals surface area contributed by atoms with E-state index in [9.17, 15) is 14.4 Å². The van der Waals surface area contributed by atoms with Gasteiger partial charge in [0.15, 0.2) is 0 Å². The number of thiol groups is 1. The maximum atomic E-state index is 13.9. The first-order valence-electron chi connectivity index (χ1n) is 13.0. The van der Waals surface area contributed by atoms with Crippen molar-refractivity contribution in [3.05, 3.63) is 35.4 Å². The number of hydrogen-bond donors (Lipinski definition) is 3. The number of alkyl carbamates (subject to hydrolysis) is 1. The third-order valence-corrected chi connectivity index (χ3v) is 5.86. The number of hydrogen-bond acceptors (Lipinski definition) is 5. The summed E-state index contributed by atoms with van der Waals surface area (Å²) in [6, 6.07) is 5.83. The highest BCUT2D eigenvalue weighted by molar-refractivity contribution is 7.80. The van der Waals surface area contributed by atoms with E-state index >= 15 is 0 Å². The first-order valence-corrected chi connectivity index (χ1v) is 13.6. The zero-order chi connectivity index (χ0) is 27.5. The minimum atomic E-state index is -0.937. The molecular formula is C28H47N3O4S. The van der Waals surface area contributed by atoms with Gasteiger partial charge in [-0.05, 0) is 66.0 Å². The molecule has 1 aromatic carbocycles. The van der Waals surface area contributed by atoms with Crippen LogP contribution in [0.1, 0.15) is 97.7 Å². The van der Waals surface area contributed by atoms with Crippen LogP contribution in [0.15, 0.2) is 24.3 Å². The molecule has 0 bridgehead atoms. The van der Waals surface area contributed by atoms with Crippen molar-refractivity contribution in [1.82, 2.24) is 15.5 Å². The smallest absolute Gasteiger partial charge is 0.408 e. The fourth-order valence-electron chi connectivity index (χ4n) is 3.87.